The van der Waals surface area contributed by atoms with E-state index in [1.165, 1.54) is 0 Å². The van der Waals surface area contributed by atoms with Gasteiger partial charge in [0.25, 0.3) is 5.91 Å². The summed E-state index contributed by atoms with van der Waals surface area (Å²) in [6.07, 6.45) is 1.98. The molecule has 3 rings (SSSR count). The number of urea groups is 1. The molecule has 28 heavy (non-hydrogen) atoms. The van der Waals surface area contributed by atoms with E-state index in [0.29, 0.717) is 21.4 Å². The van der Waals surface area contributed by atoms with Crippen molar-refractivity contribution in [2.45, 2.75) is 18.7 Å². The lowest BCUT2D eigenvalue weighted by Crippen LogP contribution is -2.19. The lowest BCUT2D eigenvalue weighted by Gasteiger charge is -2.06. The van der Waals surface area contributed by atoms with Crippen LogP contribution in [0.15, 0.2) is 53.4 Å². The summed E-state index contributed by atoms with van der Waals surface area (Å²) >= 11 is 2.74. The van der Waals surface area contributed by atoms with Crippen molar-refractivity contribution < 1.29 is 9.59 Å². The quantitative estimate of drug-likeness (QED) is 0.492. The number of thioether (sulfide) groups is 1. The fraction of sp³-hybridized carbons (Fsp3) is 0.150. The number of amides is 3. The first-order valence-corrected chi connectivity index (χ1v) is 10.6. The third kappa shape index (κ3) is 5.11. The molecule has 0 saturated heterocycles. The summed E-state index contributed by atoms with van der Waals surface area (Å²) in [4.78, 5) is 30.5. The highest BCUT2D eigenvalue weighted by atomic mass is 32.2. The Balaban J connectivity index is 1.65. The van der Waals surface area contributed by atoms with Crippen LogP contribution in [0, 0.1) is 13.8 Å². The lowest BCUT2D eigenvalue weighted by molar-refractivity contribution is 0.102. The third-order valence-electron chi connectivity index (χ3n) is 3.86. The van der Waals surface area contributed by atoms with E-state index in [1.807, 2.05) is 61.7 Å². The minimum Gasteiger partial charge on any atom is -0.321 e. The Morgan fingerprint density at radius 1 is 0.964 bits per heavy atom. The zero-order chi connectivity index (χ0) is 20.1. The van der Waals surface area contributed by atoms with E-state index < -0.39 is 6.03 Å². The first-order chi connectivity index (χ1) is 13.4. The molecule has 1 heterocycles. The van der Waals surface area contributed by atoms with E-state index in [2.05, 4.69) is 20.9 Å². The van der Waals surface area contributed by atoms with Crippen LogP contribution in [0.3, 0.4) is 0 Å². The fourth-order valence-corrected chi connectivity index (χ4v) is 3.76. The van der Waals surface area contributed by atoms with Crippen molar-refractivity contribution in [3.63, 3.8) is 0 Å². The zero-order valence-electron chi connectivity index (χ0n) is 15.7. The second kappa shape index (κ2) is 8.90. The molecular weight excluding hydrogens is 392 g/mol. The smallest absolute Gasteiger partial charge is 0.321 e. The van der Waals surface area contributed by atoms with Gasteiger partial charge < -0.3 is 10.6 Å². The van der Waals surface area contributed by atoms with Crippen LogP contribution in [0.1, 0.15) is 20.9 Å². The minimum absolute atomic E-state index is 0.250. The molecule has 0 aliphatic heterocycles. The van der Waals surface area contributed by atoms with Gasteiger partial charge in [0.05, 0.1) is 5.69 Å². The normalized spacial score (nSPS) is 10.4. The van der Waals surface area contributed by atoms with Gasteiger partial charge in [-0.2, -0.15) is 0 Å². The van der Waals surface area contributed by atoms with E-state index in [9.17, 15) is 9.59 Å². The van der Waals surface area contributed by atoms with Gasteiger partial charge in [0.1, 0.15) is 4.88 Å². The average Bonchev–Trinajstić information content (AvgIpc) is 3.04. The summed E-state index contributed by atoms with van der Waals surface area (Å²) < 4.78 is 0. The zero-order valence-corrected chi connectivity index (χ0v) is 17.3. The molecule has 3 aromatic rings. The van der Waals surface area contributed by atoms with E-state index >= 15 is 0 Å². The van der Waals surface area contributed by atoms with Gasteiger partial charge in [0.2, 0.25) is 0 Å². The van der Waals surface area contributed by atoms with Gasteiger partial charge in [0.15, 0.2) is 5.13 Å². The fourth-order valence-electron chi connectivity index (χ4n) is 2.45. The summed E-state index contributed by atoms with van der Waals surface area (Å²) in [7, 11) is 0. The van der Waals surface area contributed by atoms with Crippen LogP contribution in [-0.2, 0) is 0 Å². The van der Waals surface area contributed by atoms with Crippen molar-refractivity contribution in [3.05, 3.63) is 64.7 Å². The molecule has 2 aromatic carbocycles. The maximum Gasteiger partial charge on any atom is 0.325 e. The lowest BCUT2D eigenvalue weighted by atomic mass is 10.2. The van der Waals surface area contributed by atoms with Crippen molar-refractivity contribution in [3.8, 4) is 0 Å². The Morgan fingerprint density at radius 2 is 1.71 bits per heavy atom. The molecule has 8 heteroatoms. The summed E-state index contributed by atoms with van der Waals surface area (Å²) in [5.41, 5.74) is 3.08. The van der Waals surface area contributed by atoms with Gasteiger partial charge in [-0.05, 0) is 50.4 Å². The van der Waals surface area contributed by atoms with Gasteiger partial charge in [0, 0.05) is 16.3 Å². The molecule has 0 bridgehead atoms. The van der Waals surface area contributed by atoms with Crippen molar-refractivity contribution in [1.82, 2.24) is 4.98 Å². The molecule has 0 aliphatic rings. The molecule has 0 atom stereocenters. The number of nitrogens with zero attached hydrogens (tertiary/aromatic N) is 1. The molecule has 144 valence electrons. The van der Waals surface area contributed by atoms with E-state index in [-0.39, 0.29) is 5.91 Å². The number of hydrogen-bond acceptors (Lipinski definition) is 5. The second-order valence-electron chi connectivity index (χ2n) is 6.06. The number of nitrogens with one attached hydrogen (secondary N) is 3. The maximum absolute atomic E-state index is 12.6. The monoisotopic (exact) mass is 412 g/mol. The molecule has 0 radical (unpaired) electrons. The predicted octanol–water partition coefficient (Wildman–Crippen LogP) is 5.38. The number of hydrogen-bond donors (Lipinski definition) is 3. The Morgan fingerprint density at radius 3 is 2.43 bits per heavy atom. The number of carbonyl (C=O) groups excluding carboxylic acids is 2. The average molecular weight is 413 g/mol. The Labute approximate surface area is 171 Å². The number of anilines is 3. The van der Waals surface area contributed by atoms with Gasteiger partial charge in [-0.25, -0.2) is 9.78 Å². The van der Waals surface area contributed by atoms with Gasteiger partial charge in [-0.3, -0.25) is 10.1 Å². The minimum atomic E-state index is -0.405. The summed E-state index contributed by atoms with van der Waals surface area (Å²) in [6, 6.07) is 14.7. The van der Waals surface area contributed by atoms with Crippen LogP contribution < -0.4 is 16.0 Å². The van der Waals surface area contributed by atoms with E-state index in [0.717, 1.165) is 27.5 Å². The molecule has 0 aliphatic carbocycles. The molecule has 6 nitrogen and oxygen atoms in total. The highest BCUT2D eigenvalue weighted by Crippen LogP contribution is 2.25. The van der Waals surface area contributed by atoms with Crippen LogP contribution in [0.5, 0.6) is 0 Å². The topological polar surface area (TPSA) is 83.1 Å². The first kappa shape index (κ1) is 19.9. The van der Waals surface area contributed by atoms with Crippen LogP contribution in [0.25, 0.3) is 0 Å². The van der Waals surface area contributed by atoms with Gasteiger partial charge >= 0.3 is 6.03 Å². The first-order valence-electron chi connectivity index (χ1n) is 8.52. The van der Waals surface area contributed by atoms with Crippen LogP contribution in [0.2, 0.25) is 0 Å². The van der Waals surface area contributed by atoms with Crippen molar-refractivity contribution in [1.29, 1.82) is 0 Å². The molecule has 0 fully saturated rings. The van der Waals surface area contributed by atoms with Gasteiger partial charge in [-0.1, -0.05) is 35.1 Å². The second-order valence-corrected chi connectivity index (χ2v) is 7.94. The molecule has 0 unspecified atom stereocenters. The highest BCUT2D eigenvalue weighted by Gasteiger charge is 2.17. The van der Waals surface area contributed by atoms with Crippen LogP contribution in [-0.4, -0.2) is 23.2 Å². The standard InChI is InChI=1S/C20H20N4O2S2/c1-12-7-9-14(10-8-12)23-19(26)24-20-21-13(2)17(28-20)18(25)22-15-5-4-6-16(11-15)27-3/h4-11H,1-3H3,(H,22,25)(H2,21,23,24,26). The molecule has 0 spiro atoms. The third-order valence-corrected chi connectivity index (χ3v) is 5.66. The highest BCUT2D eigenvalue weighted by molar-refractivity contribution is 7.98. The molecule has 1 aromatic heterocycles. The Hall–Kier alpha value is -2.84. The number of thiazole rings is 1. The summed E-state index contributed by atoms with van der Waals surface area (Å²) in [5, 5.41) is 8.66. The predicted molar refractivity (Wildman–Crippen MR) is 117 cm³/mol. The number of aryl methyl sites for hydroxylation is 2. The number of benzene rings is 2. The van der Waals surface area contributed by atoms with Crippen molar-refractivity contribution in [2.24, 2.45) is 0 Å². The van der Waals surface area contributed by atoms with Gasteiger partial charge in [-0.15, -0.1) is 11.8 Å². The number of aromatic nitrogens is 1. The SMILES string of the molecule is CSc1cccc(NC(=O)c2sc(NC(=O)Nc3ccc(C)cc3)nc2C)c1. The molecule has 3 amide bonds. The van der Waals surface area contributed by atoms with Crippen molar-refractivity contribution in [2.75, 3.05) is 22.2 Å². The van der Waals surface area contributed by atoms with Crippen LogP contribution >= 0.6 is 23.1 Å². The van der Waals surface area contributed by atoms with E-state index in [1.54, 1.807) is 18.7 Å². The molecule has 0 saturated carbocycles. The number of carbonyl (C=O) groups is 2. The maximum atomic E-state index is 12.6. The largest absolute Gasteiger partial charge is 0.325 e. The molecular formula is C20H20N4O2S2. The summed E-state index contributed by atoms with van der Waals surface area (Å²) in [6.45, 7) is 3.72. The Bertz CT molecular complexity index is 1000. The van der Waals surface area contributed by atoms with Crippen LogP contribution in [0.4, 0.5) is 21.3 Å². The van der Waals surface area contributed by atoms with E-state index in [4.69, 9.17) is 0 Å². The Kier molecular flexibility index (Phi) is 6.33. The summed E-state index contributed by atoms with van der Waals surface area (Å²) in [5.74, 6) is -0.250. The molecule has 3 N–H and O–H groups in total. The van der Waals surface area contributed by atoms with Crippen molar-refractivity contribution >= 4 is 51.5 Å². The number of rotatable bonds is 5.